The summed E-state index contributed by atoms with van der Waals surface area (Å²) in [6, 6.07) is 24.7. The fourth-order valence-electron chi connectivity index (χ4n) is 7.67. The third-order valence-corrected chi connectivity index (χ3v) is 10.7. The second-order valence-corrected chi connectivity index (χ2v) is 13.8. The first-order chi connectivity index (χ1) is 22.6. The van der Waals surface area contributed by atoms with Gasteiger partial charge in [0.15, 0.2) is 0 Å². The lowest BCUT2D eigenvalue weighted by atomic mass is 9.93. The lowest BCUT2D eigenvalue weighted by molar-refractivity contribution is 0.0980. The molecule has 2 aliphatic heterocycles. The first-order valence-corrected chi connectivity index (χ1v) is 17.0. The molecule has 0 radical (unpaired) electrons. The molecular formula is C39H40N6O. The molecule has 232 valence electrons. The van der Waals surface area contributed by atoms with Crippen molar-refractivity contribution in [2.75, 3.05) is 37.6 Å². The molecule has 4 aliphatic rings. The number of nitrogens with one attached hydrogen (secondary N) is 1. The van der Waals surface area contributed by atoms with Gasteiger partial charge < -0.3 is 9.88 Å². The van der Waals surface area contributed by atoms with E-state index in [2.05, 4.69) is 87.4 Å². The monoisotopic (exact) mass is 608 g/mol. The van der Waals surface area contributed by atoms with E-state index in [1.165, 1.54) is 55.5 Å². The van der Waals surface area contributed by atoms with E-state index >= 15 is 0 Å². The van der Waals surface area contributed by atoms with Gasteiger partial charge in [0.05, 0.1) is 5.69 Å². The van der Waals surface area contributed by atoms with Crippen LogP contribution in [0.1, 0.15) is 64.2 Å². The number of hydrogen-bond acceptors (Lipinski definition) is 5. The van der Waals surface area contributed by atoms with E-state index < -0.39 is 0 Å². The zero-order chi connectivity index (χ0) is 30.8. The van der Waals surface area contributed by atoms with E-state index in [0.717, 1.165) is 82.5 Å². The zero-order valence-electron chi connectivity index (χ0n) is 26.5. The van der Waals surface area contributed by atoms with Gasteiger partial charge in [0, 0.05) is 73.2 Å². The predicted octanol–water partition coefficient (Wildman–Crippen LogP) is 6.96. The quantitative estimate of drug-likeness (QED) is 0.216. The molecule has 3 fully saturated rings. The van der Waals surface area contributed by atoms with E-state index in [0.29, 0.717) is 12.5 Å². The predicted molar refractivity (Wildman–Crippen MR) is 183 cm³/mol. The SMILES string of the molecule is Cc1c(-c2ncnc3[nH]c(-c4ccc(CN5CCN(C6CC6)CC5)cc4)cc23)cccc1N1CCc2cc(C3CC3)ccc2C1=O. The largest absolute Gasteiger partial charge is 0.339 e. The summed E-state index contributed by atoms with van der Waals surface area (Å²) in [7, 11) is 0. The summed E-state index contributed by atoms with van der Waals surface area (Å²) in [6.45, 7) is 8.51. The summed E-state index contributed by atoms with van der Waals surface area (Å²) in [5.41, 5.74) is 11.7. The summed E-state index contributed by atoms with van der Waals surface area (Å²) in [5, 5.41) is 0.985. The number of amides is 1. The number of carbonyl (C=O) groups is 1. The molecule has 0 bridgehead atoms. The van der Waals surface area contributed by atoms with Gasteiger partial charge in [-0.25, -0.2) is 9.97 Å². The van der Waals surface area contributed by atoms with Crippen LogP contribution in [0.25, 0.3) is 33.5 Å². The number of nitrogens with zero attached hydrogens (tertiary/aromatic N) is 5. The first-order valence-electron chi connectivity index (χ1n) is 17.0. The van der Waals surface area contributed by atoms with Gasteiger partial charge in [0.1, 0.15) is 12.0 Å². The molecule has 0 unspecified atom stereocenters. The van der Waals surface area contributed by atoms with Gasteiger partial charge in [-0.3, -0.25) is 14.6 Å². The fraction of sp³-hybridized carbons (Fsp3) is 0.359. The number of H-pyrrole nitrogens is 1. The van der Waals surface area contributed by atoms with Crippen molar-refractivity contribution in [3.63, 3.8) is 0 Å². The van der Waals surface area contributed by atoms with Crippen LogP contribution in [0.4, 0.5) is 5.69 Å². The van der Waals surface area contributed by atoms with Crippen LogP contribution in [0.15, 0.2) is 73.1 Å². The lowest BCUT2D eigenvalue weighted by Gasteiger charge is -2.34. The molecular weight excluding hydrogens is 568 g/mol. The van der Waals surface area contributed by atoms with Crippen LogP contribution in [-0.2, 0) is 13.0 Å². The van der Waals surface area contributed by atoms with Crippen molar-refractivity contribution in [2.24, 2.45) is 0 Å². The summed E-state index contributed by atoms with van der Waals surface area (Å²) in [4.78, 5) is 33.9. The lowest BCUT2D eigenvalue weighted by Crippen LogP contribution is -2.46. The second kappa shape index (κ2) is 11.2. The maximum Gasteiger partial charge on any atom is 0.258 e. The van der Waals surface area contributed by atoms with Crippen molar-refractivity contribution in [1.29, 1.82) is 0 Å². The van der Waals surface area contributed by atoms with E-state index in [4.69, 9.17) is 4.98 Å². The van der Waals surface area contributed by atoms with E-state index in [1.807, 2.05) is 11.0 Å². The number of anilines is 1. The number of carbonyl (C=O) groups excluding carboxylic acids is 1. The highest BCUT2D eigenvalue weighted by atomic mass is 16.2. The van der Waals surface area contributed by atoms with Crippen LogP contribution >= 0.6 is 0 Å². The molecule has 0 atom stereocenters. The average Bonchev–Trinajstić information content (AvgIpc) is 4.03. The van der Waals surface area contributed by atoms with Crippen LogP contribution in [0, 0.1) is 6.92 Å². The van der Waals surface area contributed by atoms with Crippen LogP contribution < -0.4 is 4.90 Å². The van der Waals surface area contributed by atoms with Gasteiger partial charge in [-0.15, -0.1) is 0 Å². The molecule has 2 aromatic heterocycles. The number of piperazine rings is 1. The van der Waals surface area contributed by atoms with Crippen molar-refractivity contribution in [1.82, 2.24) is 24.8 Å². The summed E-state index contributed by atoms with van der Waals surface area (Å²) >= 11 is 0. The molecule has 4 heterocycles. The van der Waals surface area contributed by atoms with Gasteiger partial charge in [-0.1, -0.05) is 48.5 Å². The Balaban J connectivity index is 0.962. The highest BCUT2D eigenvalue weighted by molar-refractivity contribution is 6.09. The number of rotatable bonds is 7. The minimum atomic E-state index is 0.0876. The van der Waals surface area contributed by atoms with Crippen LogP contribution in [0.2, 0.25) is 0 Å². The van der Waals surface area contributed by atoms with Crippen molar-refractivity contribution in [3.8, 4) is 22.5 Å². The smallest absolute Gasteiger partial charge is 0.258 e. The summed E-state index contributed by atoms with van der Waals surface area (Å²) in [5.74, 6) is 0.780. The molecule has 9 rings (SSSR count). The molecule has 46 heavy (non-hydrogen) atoms. The van der Waals surface area contributed by atoms with E-state index in [9.17, 15) is 4.79 Å². The van der Waals surface area contributed by atoms with Gasteiger partial charge in [-0.05, 0) is 91.0 Å². The number of aromatic nitrogens is 3. The molecule has 1 amide bonds. The highest BCUT2D eigenvalue weighted by Gasteiger charge is 2.32. The zero-order valence-corrected chi connectivity index (χ0v) is 26.5. The first kappa shape index (κ1) is 27.9. The standard InChI is InChI=1S/C39H40N6O/c1-25-32(3-2-4-36(25)45-16-15-30-21-29(27-9-10-27)11-14-33(30)39(45)46)37-34-22-35(42-38(34)41-24-40-37)28-7-5-26(6-8-28)23-43-17-19-44(20-18-43)31-12-13-31/h2-8,11,14,21-22,24,27,31H,9-10,12-13,15-20,23H2,1H3,(H,40,41,42). The average molecular weight is 609 g/mol. The Morgan fingerprint density at radius 2 is 1.67 bits per heavy atom. The van der Waals surface area contributed by atoms with Crippen LogP contribution in [-0.4, -0.2) is 69.4 Å². The Morgan fingerprint density at radius 1 is 0.848 bits per heavy atom. The topological polar surface area (TPSA) is 68.4 Å². The van der Waals surface area contributed by atoms with Gasteiger partial charge in [0.25, 0.3) is 5.91 Å². The maximum absolute atomic E-state index is 13.8. The molecule has 2 saturated carbocycles. The van der Waals surface area contributed by atoms with Crippen molar-refractivity contribution in [3.05, 3.63) is 101 Å². The minimum Gasteiger partial charge on any atom is -0.339 e. The normalized spacial score (nSPS) is 19.2. The fourth-order valence-corrected chi connectivity index (χ4v) is 7.67. The Hall–Kier alpha value is -4.33. The highest BCUT2D eigenvalue weighted by Crippen LogP contribution is 2.42. The molecule has 7 heteroatoms. The van der Waals surface area contributed by atoms with Gasteiger partial charge >= 0.3 is 0 Å². The Morgan fingerprint density at radius 3 is 2.46 bits per heavy atom. The van der Waals surface area contributed by atoms with Gasteiger partial charge in [-0.2, -0.15) is 0 Å². The molecule has 1 N–H and O–H groups in total. The molecule has 7 nitrogen and oxygen atoms in total. The molecule has 0 spiro atoms. The molecule has 2 aliphatic carbocycles. The number of hydrogen-bond donors (Lipinski definition) is 1. The number of benzene rings is 3. The Bertz CT molecular complexity index is 1950. The summed E-state index contributed by atoms with van der Waals surface area (Å²) < 4.78 is 0. The van der Waals surface area contributed by atoms with Crippen molar-refractivity contribution >= 4 is 22.6 Å². The minimum absolute atomic E-state index is 0.0876. The second-order valence-electron chi connectivity index (χ2n) is 13.8. The number of aromatic amines is 1. The van der Waals surface area contributed by atoms with Crippen LogP contribution in [0.3, 0.4) is 0 Å². The summed E-state index contributed by atoms with van der Waals surface area (Å²) in [6.07, 6.45) is 7.84. The Kier molecular flexibility index (Phi) is 6.79. The molecule has 5 aromatic rings. The third kappa shape index (κ3) is 5.12. The molecule has 1 saturated heterocycles. The van der Waals surface area contributed by atoms with Crippen LogP contribution in [0.5, 0.6) is 0 Å². The Labute approximate surface area is 270 Å². The third-order valence-electron chi connectivity index (χ3n) is 10.7. The maximum atomic E-state index is 13.8. The number of fused-ring (bicyclic) bond motifs is 2. The van der Waals surface area contributed by atoms with Gasteiger partial charge in [0.2, 0.25) is 0 Å². The van der Waals surface area contributed by atoms with Crippen molar-refractivity contribution < 1.29 is 4.79 Å². The van der Waals surface area contributed by atoms with Crippen molar-refractivity contribution in [2.45, 2.75) is 57.5 Å². The van der Waals surface area contributed by atoms with E-state index in [-0.39, 0.29) is 5.91 Å². The molecule has 3 aromatic carbocycles. The van der Waals surface area contributed by atoms with E-state index in [1.54, 1.807) is 6.33 Å².